The summed E-state index contributed by atoms with van der Waals surface area (Å²) in [5.74, 6) is 0.491. The number of para-hydroxylation sites is 1. The average molecular weight is 533 g/mol. The van der Waals surface area contributed by atoms with E-state index in [-0.39, 0.29) is 11.7 Å². The summed E-state index contributed by atoms with van der Waals surface area (Å²) in [6.45, 7) is 1.55. The van der Waals surface area contributed by atoms with Crippen molar-refractivity contribution in [2.75, 3.05) is 19.5 Å². The molecule has 11 heteroatoms. The number of aryl methyl sites for hydroxylation is 1. The van der Waals surface area contributed by atoms with Crippen molar-refractivity contribution < 1.29 is 28.7 Å². The molecule has 4 aromatic rings. The van der Waals surface area contributed by atoms with E-state index in [1.54, 1.807) is 31.4 Å². The summed E-state index contributed by atoms with van der Waals surface area (Å²) < 4.78 is 12.5. The van der Waals surface area contributed by atoms with Crippen LogP contribution in [0.4, 0.5) is 0 Å². The van der Waals surface area contributed by atoms with Crippen LogP contribution in [0, 0.1) is 6.92 Å². The topological polar surface area (TPSA) is 130 Å². The number of aliphatic carboxylic acids is 1. The number of benzene rings is 3. The Balaban J connectivity index is 1.48. The lowest BCUT2D eigenvalue weighted by Gasteiger charge is -2.06. The second kappa shape index (κ2) is 12.5. The Kier molecular flexibility index (Phi) is 8.73. The summed E-state index contributed by atoms with van der Waals surface area (Å²) in [6.07, 6.45) is 1.40. The second-order valence-corrected chi connectivity index (χ2v) is 9.00. The Bertz CT molecular complexity index is 1440. The SMILES string of the molecule is COc1ccc(-[n+]2c(SCC(=O)N/N=C/c3ccccc3OCC(=O)O)n[nH]c2-c2ccc(C)cc2)cc1. The Morgan fingerprint density at radius 1 is 1.11 bits per heavy atom. The number of nitrogens with zero attached hydrogens (tertiary/aromatic N) is 3. The van der Waals surface area contributed by atoms with Crippen molar-refractivity contribution >= 4 is 29.9 Å². The van der Waals surface area contributed by atoms with E-state index in [4.69, 9.17) is 14.6 Å². The van der Waals surface area contributed by atoms with Gasteiger partial charge in [-0.2, -0.15) is 9.67 Å². The van der Waals surface area contributed by atoms with Crippen LogP contribution in [-0.2, 0) is 9.59 Å². The van der Waals surface area contributed by atoms with E-state index < -0.39 is 12.6 Å². The largest absolute Gasteiger partial charge is 0.497 e. The summed E-state index contributed by atoms with van der Waals surface area (Å²) in [4.78, 5) is 23.3. The van der Waals surface area contributed by atoms with Gasteiger partial charge < -0.3 is 14.6 Å². The van der Waals surface area contributed by atoms with E-state index in [0.29, 0.717) is 16.5 Å². The third kappa shape index (κ3) is 6.77. The fourth-order valence-electron chi connectivity index (χ4n) is 3.46. The van der Waals surface area contributed by atoms with Gasteiger partial charge in [-0.05, 0) is 67.2 Å². The zero-order valence-corrected chi connectivity index (χ0v) is 21.6. The lowest BCUT2D eigenvalue weighted by Crippen LogP contribution is -2.34. The summed E-state index contributed by atoms with van der Waals surface area (Å²) in [5.41, 5.74) is 5.97. The Hall–Kier alpha value is -4.64. The maximum absolute atomic E-state index is 12.5. The van der Waals surface area contributed by atoms with Crippen molar-refractivity contribution in [2.24, 2.45) is 5.10 Å². The molecule has 0 unspecified atom stereocenters. The first-order valence-corrected chi connectivity index (χ1v) is 12.5. The van der Waals surface area contributed by atoms with Crippen LogP contribution >= 0.6 is 11.8 Å². The summed E-state index contributed by atoms with van der Waals surface area (Å²) in [7, 11) is 1.61. The number of aromatic amines is 1. The van der Waals surface area contributed by atoms with Gasteiger partial charge in [0.05, 0.1) is 29.7 Å². The highest BCUT2D eigenvalue weighted by atomic mass is 32.2. The number of aromatic nitrogens is 3. The molecule has 0 spiro atoms. The van der Waals surface area contributed by atoms with Gasteiger partial charge in [-0.3, -0.25) is 4.79 Å². The van der Waals surface area contributed by atoms with Crippen molar-refractivity contribution in [2.45, 2.75) is 12.1 Å². The van der Waals surface area contributed by atoms with E-state index in [1.807, 2.05) is 60.0 Å². The summed E-state index contributed by atoms with van der Waals surface area (Å²) >= 11 is 1.25. The molecule has 38 heavy (non-hydrogen) atoms. The third-order valence-corrected chi connectivity index (χ3v) is 6.26. The van der Waals surface area contributed by atoms with Crippen LogP contribution in [0.25, 0.3) is 17.1 Å². The number of amides is 1. The number of nitrogens with one attached hydrogen (secondary N) is 2. The number of H-pyrrole nitrogens is 1. The number of rotatable bonds is 11. The number of methoxy groups -OCH3 is 1. The normalized spacial score (nSPS) is 10.9. The molecule has 0 atom stereocenters. The lowest BCUT2D eigenvalue weighted by atomic mass is 10.1. The van der Waals surface area contributed by atoms with Crippen LogP contribution in [0.15, 0.2) is 83.1 Å². The van der Waals surface area contributed by atoms with E-state index in [9.17, 15) is 9.59 Å². The molecule has 0 aliphatic carbocycles. The quantitative estimate of drug-likeness (QED) is 0.117. The predicted molar refractivity (Wildman–Crippen MR) is 143 cm³/mol. The smallest absolute Gasteiger partial charge is 0.342 e. The zero-order valence-electron chi connectivity index (χ0n) is 20.7. The van der Waals surface area contributed by atoms with Gasteiger partial charge in [0.2, 0.25) is 0 Å². The van der Waals surface area contributed by atoms with Crippen molar-refractivity contribution in [1.29, 1.82) is 0 Å². The maximum atomic E-state index is 12.5. The molecule has 10 nitrogen and oxygen atoms in total. The number of ether oxygens (including phenoxy) is 2. The minimum atomic E-state index is -1.09. The van der Waals surface area contributed by atoms with E-state index >= 15 is 0 Å². The van der Waals surface area contributed by atoms with Crippen molar-refractivity contribution in [3.63, 3.8) is 0 Å². The van der Waals surface area contributed by atoms with Gasteiger partial charge in [0.25, 0.3) is 11.7 Å². The van der Waals surface area contributed by atoms with E-state index in [2.05, 4.69) is 20.7 Å². The molecule has 3 aromatic carbocycles. The van der Waals surface area contributed by atoms with Crippen molar-refractivity contribution in [3.05, 3.63) is 83.9 Å². The highest BCUT2D eigenvalue weighted by Gasteiger charge is 2.24. The van der Waals surface area contributed by atoms with Crippen LogP contribution < -0.4 is 19.5 Å². The van der Waals surface area contributed by atoms with Crippen LogP contribution in [0.5, 0.6) is 11.5 Å². The number of carboxylic acid groups (broad SMARTS) is 1. The molecule has 0 bridgehead atoms. The molecule has 1 amide bonds. The van der Waals surface area contributed by atoms with E-state index in [0.717, 1.165) is 28.4 Å². The summed E-state index contributed by atoms with van der Waals surface area (Å²) in [5, 5.41) is 21.0. The molecule has 0 aliphatic heterocycles. The zero-order chi connectivity index (χ0) is 26.9. The van der Waals surface area contributed by atoms with Crippen molar-refractivity contribution in [1.82, 2.24) is 15.6 Å². The first kappa shape index (κ1) is 26.4. The number of carbonyl (C=O) groups is 2. The molecule has 0 saturated heterocycles. The average Bonchev–Trinajstić information content (AvgIpc) is 3.35. The van der Waals surface area contributed by atoms with Gasteiger partial charge in [-0.1, -0.05) is 29.8 Å². The van der Waals surface area contributed by atoms with Gasteiger partial charge in [-0.25, -0.2) is 10.2 Å². The number of hydrogen-bond acceptors (Lipinski definition) is 7. The molecule has 0 fully saturated rings. The van der Waals surface area contributed by atoms with Gasteiger partial charge in [0.15, 0.2) is 6.61 Å². The van der Waals surface area contributed by atoms with Gasteiger partial charge >= 0.3 is 11.1 Å². The highest BCUT2D eigenvalue weighted by molar-refractivity contribution is 7.99. The highest BCUT2D eigenvalue weighted by Crippen LogP contribution is 2.22. The number of hydrazone groups is 1. The second-order valence-electron chi connectivity index (χ2n) is 8.06. The number of carboxylic acids is 1. The summed E-state index contributed by atoms with van der Waals surface area (Å²) in [6, 6.07) is 22.4. The minimum absolute atomic E-state index is 0.0584. The number of carbonyl (C=O) groups excluding carboxylic acids is 1. The Labute approximate surface area is 223 Å². The maximum Gasteiger partial charge on any atom is 0.342 e. The first-order valence-electron chi connectivity index (χ1n) is 11.5. The molecule has 0 saturated carbocycles. The molecule has 1 heterocycles. The number of thioether (sulfide) groups is 1. The third-order valence-electron chi connectivity index (χ3n) is 5.32. The van der Waals surface area contributed by atoms with E-state index in [1.165, 1.54) is 18.0 Å². The minimum Gasteiger partial charge on any atom is -0.497 e. The van der Waals surface area contributed by atoms with Crippen LogP contribution in [0.3, 0.4) is 0 Å². The standard InChI is InChI=1S/C27H25N5O5S/c1-18-7-9-19(10-8-18)26-30-31-27(32(26)21-11-13-22(36-2)14-12-21)38-17-24(33)29-28-15-20-5-3-4-6-23(20)37-16-25(34)35/h3-15H,16-17H2,1-2H3,(H2,29,33,34,35)/p+1/b28-15+. The molecule has 4 rings (SSSR count). The molecular formula is C27H26N5O5S+. The van der Waals surface area contributed by atoms with Crippen LogP contribution in [0.2, 0.25) is 0 Å². The Morgan fingerprint density at radius 2 is 1.84 bits per heavy atom. The lowest BCUT2D eigenvalue weighted by molar-refractivity contribution is -0.625. The van der Waals surface area contributed by atoms with Gasteiger partial charge in [-0.15, -0.1) is 5.10 Å². The molecule has 1 aromatic heterocycles. The fraction of sp³-hybridized carbons (Fsp3) is 0.148. The van der Waals surface area contributed by atoms with Gasteiger partial charge in [0.1, 0.15) is 17.2 Å². The monoisotopic (exact) mass is 532 g/mol. The first-order chi connectivity index (χ1) is 18.4. The molecule has 194 valence electrons. The Morgan fingerprint density at radius 3 is 2.55 bits per heavy atom. The fourth-order valence-corrected chi connectivity index (χ4v) is 4.22. The van der Waals surface area contributed by atoms with Crippen LogP contribution in [0.1, 0.15) is 11.1 Å². The van der Waals surface area contributed by atoms with Crippen LogP contribution in [-0.4, -0.2) is 52.9 Å². The van der Waals surface area contributed by atoms with Gasteiger partial charge in [0, 0.05) is 5.56 Å². The molecular weight excluding hydrogens is 506 g/mol. The number of hydrogen-bond donors (Lipinski definition) is 3. The van der Waals surface area contributed by atoms with Crippen molar-refractivity contribution in [3.8, 4) is 28.6 Å². The predicted octanol–water partition coefficient (Wildman–Crippen LogP) is 3.38. The molecule has 3 N–H and O–H groups in total. The molecule has 0 radical (unpaired) electrons. The molecule has 0 aliphatic rings.